The summed E-state index contributed by atoms with van der Waals surface area (Å²) in [7, 11) is 0. The molecule has 128 valence electrons. The highest BCUT2D eigenvalue weighted by atomic mass is 35.5. The number of carbonyl (C=O) groups is 1. The number of ether oxygens (including phenoxy) is 1. The molecule has 0 aliphatic rings. The van der Waals surface area contributed by atoms with E-state index in [0.717, 1.165) is 16.6 Å². The van der Waals surface area contributed by atoms with Gasteiger partial charge in [-0.15, -0.1) is 10.2 Å². The SMILES string of the molecule is Cc1cc(C)c2[nH]c(O)c(N=NC(=O)COc3ccccc3Cl)c2c1. The van der Waals surface area contributed by atoms with Gasteiger partial charge in [-0.25, -0.2) is 0 Å². The number of carbonyl (C=O) groups excluding carboxylic acids is 1. The molecule has 7 heteroatoms. The minimum atomic E-state index is -0.585. The Morgan fingerprint density at radius 3 is 2.80 bits per heavy atom. The largest absolute Gasteiger partial charge is 0.493 e. The highest BCUT2D eigenvalue weighted by Gasteiger charge is 2.13. The van der Waals surface area contributed by atoms with Gasteiger partial charge in [-0.3, -0.25) is 4.79 Å². The topological polar surface area (TPSA) is 87.0 Å². The van der Waals surface area contributed by atoms with Gasteiger partial charge in [0.15, 0.2) is 12.3 Å². The van der Waals surface area contributed by atoms with Crippen LogP contribution in [-0.4, -0.2) is 22.6 Å². The van der Waals surface area contributed by atoms with Crippen LogP contribution < -0.4 is 4.74 Å². The number of aryl methyl sites for hydroxylation is 2. The molecule has 0 saturated heterocycles. The lowest BCUT2D eigenvalue weighted by Crippen LogP contribution is -2.08. The number of azo groups is 1. The van der Waals surface area contributed by atoms with E-state index in [-0.39, 0.29) is 18.2 Å². The van der Waals surface area contributed by atoms with E-state index in [9.17, 15) is 9.90 Å². The molecule has 1 amide bonds. The number of para-hydroxylation sites is 1. The van der Waals surface area contributed by atoms with Gasteiger partial charge in [0.05, 0.1) is 10.5 Å². The van der Waals surface area contributed by atoms with Gasteiger partial charge < -0.3 is 14.8 Å². The second-order valence-electron chi connectivity index (χ2n) is 5.64. The number of halogens is 1. The second kappa shape index (κ2) is 6.94. The standard InChI is InChI=1S/C18H16ClN3O3/c1-10-7-11(2)16-12(8-10)17(18(24)20-16)22-21-15(23)9-25-14-6-4-3-5-13(14)19/h3-8,20,24H,9H2,1-2H3. The van der Waals surface area contributed by atoms with Crippen molar-refractivity contribution in [3.63, 3.8) is 0 Å². The fraction of sp³-hybridized carbons (Fsp3) is 0.167. The lowest BCUT2D eigenvalue weighted by molar-refractivity contribution is -0.120. The number of fused-ring (bicyclic) bond motifs is 1. The lowest BCUT2D eigenvalue weighted by atomic mass is 10.1. The van der Waals surface area contributed by atoms with Crippen molar-refractivity contribution in [1.82, 2.24) is 4.98 Å². The summed E-state index contributed by atoms with van der Waals surface area (Å²) in [6.07, 6.45) is 0. The first kappa shape index (κ1) is 17.0. The van der Waals surface area contributed by atoms with Crippen molar-refractivity contribution in [3.05, 3.63) is 52.5 Å². The van der Waals surface area contributed by atoms with E-state index >= 15 is 0 Å². The molecule has 2 N–H and O–H groups in total. The lowest BCUT2D eigenvalue weighted by Gasteiger charge is -2.04. The molecule has 1 heterocycles. The maximum atomic E-state index is 11.9. The van der Waals surface area contributed by atoms with Gasteiger partial charge in [0.25, 0.3) is 0 Å². The molecule has 0 aliphatic heterocycles. The molecule has 2 aromatic carbocycles. The van der Waals surface area contributed by atoms with Crippen LogP contribution >= 0.6 is 11.6 Å². The Hall–Kier alpha value is -2.86. The Kier molecular flexibility index (Phi) is 4.72. The number of hydrogen-bond acceptors (Lipinski definition) is 4. The molecule has 3 rings (SSSR count). The fourth-order valence-electron chi connectivity index (χ4n) is 2.56. The third-order valence-electron chi connectivity index (χ3n) is 3.65. The van der Waals surface area contributed by atoms with Gasteiger partial charge in [-0.05, 0) is 37.6 Å². The summed E-state index contributed by atoms with van der Waals surface area (Å²) in [5, 5.41) is 18.7. The van der Waals surface area contributed by atoms with Crippen molar-refractivity contribution in [2.75, 3.05) is 6.61 Å². The summed E-state index contributed by atoms with van der Waals surface area (Å²) in [6.45, 7) is 3.57. The van der Waals surface area contributed by atoms with E-state index in [1.807, 2.05) is 26.0 Å². The third-order valence-corrected chi connectivity index (χ3v) is 3.96. The maximum Gasteiger partial charge on any atom is 0.302 e. The van der Waals surface area contributed by atoms with E-state index in [4.69, 9.17) is 16.3 Å². The van der Waals surface area contributed by atoms with E-state index in [1.54, 1.807) is 24.3 Å². The molecule has 25 heavy (non-hydrogen) atoms. The summed E-state index contributed by atoms with van der Waals surface area (Å²) in [6, 6.07) is 10.7. The molecule has 0 spiro atoms. The molecule has 0 radical (unpaired) electrons. The average molecular weight is 358 g/mol. The van der Waals surface area contributed by atoms with Crippen LogP contribution in [0.3, 0.4) is 0 Å². The predicted molar refractivity (Wildman–Crippen MR) is 95.9 cm³/mol. The molecule has 1 aromatic heterocycles. The van der Waals surface area contributed by atoms with Gasteiger partial charge in [-0.2, -0.15) is 0 Å². The molecular formula is C18H16ClN3O3. The molecule has 0 unspecified atom stereocenters. The van der Waals surface area contributed by atoms with Crippen LogP contribution in [0, 0.1) is 13.8 Å². The van der Waals surface area contributed by atoms with Crippen LogP contribution in [0.4, 0.5) is 5.69 Å². The molecule has 0 bridgehead atoms. The highest BCUT2D eigenvalue weighted by Crippen LogP contribution is 2.37. The van der Waals surface area contributed by atoms with Crippen molar-refractivity contribution in [3.8, 4) is 11.6 Å². The van der Waals surface area contributed by atoms with Crippen LogP contribution in [0.5, 0.6) is 11.6 Å². The monoisotopic (exact) mass is 357 g/mol. The van der Waals surface area contributed by atoms with Crippen molar-refractivity contribution in [2.24, 2.45) is 10.2 Å². The minimum absolute atomic E-state index is 0.132. The Morgan fingerprint density at radius 1 is 1.28 bits per heavy atom. The Balaban J connectivity index is 1.78. The Morgan fingerprint density at radius 2 is 2.04 bits per heavy atom. The van der Waals surface area contributed by atoms with Crippen molar-refractivity contribution < 1.29 is 14.6 Å². The number of H-pyrrole nitrogens is 1. The number of nitrogens with one attached hydrogen (secondary N) is 1. The third kappa shape index (κ3) is 3.64. The van der Waals surface area contributed by atoms with Crippen LogP contribution in [0.2, 0.25) is 5.02 Å². The zero-order valence-corrected chi connectivity index (χ0v) is 14.5. The zero-order chi connectivity index (χ0) is 18.0. The van der Waals surface area contributed by atoms with Gasteiger partial charge in [0.1, 0.15) is 5.75 Å². The number of aromatic amines is 1. The number of amides is 1. The fourth-order valence-corrected chi connectivity index (χ4v) is 2.75. The number of hydrogen-bond donors (Lipinski definition) is 2. The van der Waals surface area contributed by atoms with Gasteiger partial charge >= 0.3 is 5.91 Å². The van der Waals surface area contributed by atoms with E-state index in [2.05, 4.69) is 15.2 Å². The quantitative estimate of drug-likeness (QED) is 0.655. The molecule has 0 atom stereocenters. The van der Waals surface area contributed by atoms with E-state index in [1.165, 1.54) is 0 Å². The van der Waals surface area contributed by atoms with Crippen LogP contribution in [-0.2, 0) is 4.79 Å². The first-order valence-electron chi connectivity index (χ1n) is 7.59. The molecule has 0 fully saturated rings. The number of rotatable bonds is 4. The molecular weight excluding hydrogens is 342 g/mol. The smallest absolute Gasteiger partial charge is 0.302 e. The highest BCUT2D eigenvalue weighted by molar-refractivity contribution is 6.32. The molecule has 0 aliphatic carbocycles. The van der Waals surface area contributed by atoms with Crippen molar-refractivity contribution in [1.29, 1.82) is 0 Å². The summed E-state index contributed by atoms with van der Waals surface area (Å²) in [5.74, 6) is -0.320. The normalized spacial score (nSPS) is 11.3. The average Bonchev–Trinajstić information content (AvgIpc) is 2.88. The minimum Gasteiger partial charge on any atom is -0.493 e. The van der Waals surface area contributed by atoms with Crippen LogP contribution in [0.1, 0.15) is 11.1 Å². The van der Waals surface area contributed by atoms with Crippen LogP contribution in [0.25, 0.3) is 10.9 Å². The Labute approximate surface area is 149 Å². The number of aromatic hydroxyl groups is 1. The first-order valence-corrected chi connectivity index (χ1v) is 7.97. The first-order chi connectivity index (χ1) is 12.0. The molecule has 6 nitrogen and oxygen atoms in total. The second-order valence-corrected chi connectivity index (χ2v) is 6.05. The molecule has 0 saturated carbocycles. The number of nitrogens with zero attached hydrogens (tertiary/aromatic N) is 2. The maximum absolute atomic E-state index is 11.9. The van der Waals surface area contributed by atoms with E-state index < -0.39 is 5.91 Å². The molecule has 3 aromatic rings. The summed E-state index contributed by atoms with van der Waals surface area (Å²) in [4.78, 5) is 14.7. The summed E-state index contributed by atoms with van der Waals surface area (Å²) in [5.41, 5.74) is 2.98. The predicted octanol–water partition coefficient (Wildman–Crippen LogP) is 4.83. The number of aromatic nitrogens is 1. The van der Waals surface area contributed by atoms with Gasteiger partial charge in [-0.1, -0.05) is 35.4 Å². The zero-order valence-electron chi connectivity index (χ0n) is 13.7. The van der Waals surface area contributed by atoms with Gasteiger partial charge in [0, 0.05) is 5.39 Å². The summed E-state index contributed by atoms with van der Waals surface area (Å²) < 4.78 is 5.32. The number of benzene rings is 2. The van der Waals surface area contributed by atoms with E-state index in [0.29, 0.717) is 16.2 Å². The Bertz CT molecular complexity index is 979. The van der Waals surface area contributed by atoms with Crippen LogP contribution in [0.15, 0.2) is 46.6 Å². The van der Waals surface area contributed by atoms with Crippen molar-refractivity contribution >= 4 is 34.1 Å². The van der Waals surface area contributed by atoms with Gasteiger partial charge in [0.2, 0.25) is 5.88 Å². The van der Waals surface area contributed by atoms with Crippen molar-refractivity contribution in [2.45, 2.75) is 13.8 Å². The summed E-state index contributed by atoms with van der Waals surface area (Å²) >= 11 is 5.95.